The van der Waals surface area contributed by atoms with Gasteiger partial charge in [-0.2, -0.15) is 0 Å². The summed E-state index contributed by atoms with van der Waals surface area (Å²) in [5.41, 5.74) is 1.16. The van der Waals surface area contributed by atoms with Crippen molar-refractivity contribution in [2.24, 2.45) is 0 Å². The molecule has 112 valence electrons. The Morgan fingerprint density at radius 2 is 1.90 bits per heavy atom. The second-order valence-electron chi connectivity index (χ2n) is 4.74. The summed E-state index contributed by atoms with van der Waals surface area (Å²) in [6.45, 7) is 5.19. The van der Waals surface area contributed by atoms with E-state index in [0.29, 0.717) is 0 Å². The van der Waals surface area contributed by atoms with Crippen LogP contribution in [-0.2, 0) is 0 Å². The molecule has 1 unspecified atom stereocenters. The van der Waals surface area contributed by atoms with Crippen molar-refractivity contribution in [2.75, 3.05) is 12.8 Å². The Balaban J connectivity index is 2.26. The molecule has 1 atom stereocenters. The molecular weight excluding hydrogens is 346 g/mol. The number of ether oxygens (including phenoxy) is 1. The van der Waals surface area contributed by atoms with Gasteiger partial charge in [0.1, 0.15) is 11.5 Å². The average molecular weight is 366 g/mol. The molecule has 2 aromatic rings. The standard InChI is InChI=1S/C17H20BrNOS/c1-4-19-12(2)16-10-5-13(18)11-17(16)20-14-6-8-15(21-3)9-7-14/h5-12,19H,4H2,1-3H3. The first-order valence-corrected chi connectivity index (χ1v) is 9.00. The smallest absolute Gasteiger partial charge is 0.133 e. The van der Waals surface area contributed by atoms with Gasteiger partial charge in [-0.3, -0.25) is 0 Å². The van der Waals surface area contributed by atoms with Crippen molar-refractivity contribution in [3.63, 3.8) is 0 Å². The number of halogens is 1. The number of thioether (sulfide) groups is 1. The van der Waals surface area contributed by atoms with Crippen LogP contribution < -0.4 is 10.1 Å². The second-order valence-corrected chi connectivity index (χ2v) is 6.53. The number of benzene rings is 2. The maximum atomic E-state index is 6.08. The van der Waals surface area contributed by atoms with E-state index in [1.165, 1.54) is 4.90 Å². The first kappa shape index (κ1) is 16.4. The van der Waals surface area contributed by atoms with E-state index < -0.39 is 0 Å². The molecule has 0 aliphatic rings. The van der Waals surface area contributed by atoms with E-state index in [0.717, 1.165) is 28.1 Å². The summed E-state index contributed by atoms with van der Waals surface area (Å²) < 4.78 is 7.10. The van der Waals surface area contributed by atoms with Crippen molar-refractivity contribution in [1.29, 1.82) is 0 Å². The third kappa shape index (κ3) is 4.50. The molecule has 0 spiro atoms. The first-order chi connectivity index (χ1) is 10.1. The van der Waals surface area contributed by atoms with Crippen LogP contribution >= 0.6 is 27.7 Å². The maximum absolute atomic E-state index is 6.08. The van der Waals surface area contributed by atoms with Gasteiger partial charge in [0.15, 0.2) is 0 Å². The molecule has 2 aromatic carbocycles. The van der Waals surface area contributed by atoms with Gasteiger partial charge in [0, 0.05) is 21.0 Å². The molecule has 0 fully saturated rings. The van der Waals surface area contributed by atoms with Crippen molar-refractivity contribution in [3.05, 3.63) is 52.5 Å². The van der Waals surface area contributed by atoms with Crippen LogP contribution in [0.2, 0.25) is 0 Å². The summed E-state index contributed by atoms with van der Waals surface area (Å²) >= 11 is 5.24. The summed E-state index contributed by atoms with van der Waals surface area (Å²) in [5.74, 6) is 1.74. The lowest BCUT2D eigenvalue weighted by Gasteiger charge is -2.18. The fourth-order valence-corrected chi connectivity index (χ4v) is 2.89. The molecule has 0 saturated heterocycles. The highest BCUT2D eigenvalue weighted by Crippen LogP contribution is 2.33. The second kappa shape index (κ2) is 7.87. The lowest BCUT2D eigenvalue weighted by molar-refractivity contribution is 0.462. The van der Waals surface area contributed by atoms with E-state index in [1.54, 1.807) is 11.8 Å². The van der Waals surface area contributed by atoms with E-state index in [9.17, 15) is 0 Å². The molecule has 0 amide bonds. The minimum Gasteiger partial charge on any atom is -0.457 e. The van der Waals surface area contributed by atoms with Gasteiger partial charge >= 0.3 is 0 Å². The zero-order chi connectivity index (χ0) is 15.2. The fraction of sp³-hybridized carbons (Fsp3) is 0.294. The van der Waals surface area contributed by atoms with E-state index in [4.69, 9.17) is 4.74 Å². The molecule has 0 heterocycles. The van der Waals surface area contributed by atoms with E-state index >= 15 is 0 Å². The predicted molar refractivity (Wildman–Crippen MR) is 94.5 cm³/mol. The summed E-state index contributed by atoms with van der Waals surface area (Å²) in [4.78, 5) is 1.23. The largest absolute Gasteiger partial charge is 0.457 e. The molecule has 21 heavy (non-hydrogen) atoms. The Hall–Kier alpha value is -0.970. The molecule has 1 N–H and O–H groups in total. The van der Waals surface area contributed by atoms with Crippen LogP contribution in [0.5, 0.6) is 11.5 Å². The summed E-state index contributed by atoms with van der Waals surface area (Å²) in [6, 6.07) is 14.6. The zero-order valence-electron chi connectivity index (χ0n) is 12.5. The van der Waals surface area contributed by atoms with Crippen LogP contribution in [0.1, 0.15) is 25.5 Å². The molecule has 0 radical (unpaired) electrons. The topological polar surface area (TPSA) is 21.3 Å². The molecule has 2 nitrogen and oxygen atoms in total. The summed E-state index contributed by atoms with van der Waals surface area (Å²) in [7, 11) is 0. The van der Waals surface area contributed by atoms with E-state index in [-0.39, 0.29) is 6.04 Å². The normalized spacial score (nSPS) is 12.2. The van der Waals surface area contributed by atoms with E-state index in [2.05, 4.69) is 59.5 Å². The number of nitrogens with one attached hydrogen (secondary N) is 1. The molecule has 0 saturated carbocycles. The van der Waals surface area contributed by atoms with Crippen molar-refractivity contribution in [2.45, 2.75) is 24.8 Å². The Bertz CT molecular complexity index is 586. The highest BCUT2D eigenvalue weighted by molar-refractivity contribution is 9.10. The third-order valence-electron chi connectivity index (χ3n) is 3.24. The van der Waals surface area contributed by atoms with Gasteiger partial charge in [0.2, 0.25) is 0 Å². The minimum atomic E-state index is 0.253. The summed E-state index contributed by atoms with van der Waals surface area (Å²) in [6.07, 6.45) is 2.07. The SMILES string of the molecule is CCNC(C)c1ccc(Br)cc1Oc1ccc(SC)cc1. The molecule has 0 aromatic heterocycles. The van der Waals surface area contributed by atoms with Gasteiger partial charge in [-0.05, 0) is 56.1 Å². The monoisotopic (exact) mass is 365 g/mol. The van der Waals surface area contributed by atoms with E-state index in [1.807, 2.05) is 24.3 Å². The molecule has 0 bridgehead atoms. The lowest BCUT2D eigenvalue weighted by atomic mass is 10.1. The van der Waals surface area contributed by atoms with Crippen LogP contribution in [0.3, 0.4) is 0 Å². The Morgan fingerprint density at radius 1 is 1.19 bits per heavy atom. The van der Waals surface area contributed by atoms with Gasteiger partial charge in [-0.25, -0.2) is 0 Å². The highest BCUT2D eigenvalue weighted by Gasteiger charge is 2.12. The maximum Gasteiger partial charge on any atom is 0.133 e. The molecule has 0 aliphatic carbocycles. The quantitative estimate of drug-likeness (QED) is 0.669. The van der Waals surface area contributed by atoms with Gasteiger partial charge < -0.3 is 10.1 Å². The van der Waals surface area contributed by atoms with Crippen LogP contribution in [0.4, 0.5) is 0 Å². The average Bonchev–Trinajstić information content (AvgIpc) is 2.48. The Morgan fingerprint density at radius 3 is 2.52 bits per heavy atom. The lowest BCUT2D eigenvalue weighted by Crippen LogP contribution is -2.18. The van der Waals surface area contributed by atoms with Gasteiger partial charge in [0.05, 0.1) is 0 Å². The minimum absolute atomic E-state index is 0.253. The van der Waals surface area contributed by atoms with Crippen LogP contribution in [0.25, 0.3) is 0 Å². The Kier molecular flexibility index (Phi) is 6.15. The van der Waals surface area contributed by atoms with Crippen molar-refractivity contribution in [3.8, 4) is 11.5 Å². The summed E-state index contributed by atoms with van der Waals surface area (Å²) in [5, 5.41) is 3.43. The zero-order valence-corrected chi connectivity index (χ0v) is 14.9. The van der Waals surface area contributed by atoms with Gasteiger partial charge in [-0.15, -0.1) is 11.8 Å². The molecular formula is C17H20BrNOS. The van der Waals surface area contributed by atoms with Crippen LogP contribution in [-0.4, -0.2) is 12.8 Å². The molecule has 4 heteroatoms. The molecule has 0 aliphatic heterocycles. The third-order valence-corrected chi connectivity index (χ3v) is 4.48. The number of hydrogen-bond acceptors (Lipinski definition) is 3. The Labute approximate surface area is 139 Å². The number of hydrogen-bond donors (Lipinski definition) is 1. The number of rotatable bonds is 6. The van der Waals surface area contributed by atoms with Crippen LogP contribution in [0, 0.1) is 0 Å². The van der Waals surface area contributed by atoms with Crippen molar-refractivity contribution in [1.82, 2.24) is 5.32 Å². The first-order valence-electron chi connectivity index (χ1n) is 6.98. The van der Waals surface area contributed by atoms with Crippen molar-refractivity contribution < 1.29 is 4.74 Å². The van der Waals surface area contributed by atoms with Crippen LogP contribution in [0.15, 0.2) is 51.8 Å². The fourth-order valence-electron chi connectivity index (χ4n) is 2.14. The predicted octanol–water partition coefficient (Wildman–Crippen LogP) is 5.63. The van der Waals surface area contributed by atoms with Crippen molar-refractivity contribution >= 4 is 27.7 Å². The molecule has 2 rings (SSSR count). The van der Waals surface area contributed by atoms with Gasteiger partial charge in [0.25, 0.3) is 0 Å². The van der Waals surface area contributed by atoms with Gasteiger partial charge in [-0.1, -0.05) is 28.9 Å². The highest BCUT2D eigenvalue weighted by atomic mass is 79.9.